The van der Waals surface area contributed by atoms with E-state index in [0.29, 0.717) is 17.5 Å². The van der Waals surface area contributed by atoms with E-state index in [-0.39, 0.29) is 12.5 Å². The van der Waals surface area contributed by atoms with E-state index in [1.54, 1.807) is 4.68 Å². The van der Waals surface area contributed by atoms with Crippen LogP contribution in [0.5, 0.6) is 5.75 Å². The topological polar surface area (TPSA) is 56.2 Å². The summed E-state index contributed by atoms with van der Waals surface area (Å²) < 4.78 is 8.38. The number of rotatable bonds is 6. The molecule has 2 aromatic carbocycles. The molecule has 146 valence electrons. The first-order valence-electron chi connectivity index (χ1n) is 9.17. The SMILES string of the molecule is Cc1nn(C)c(NC(=O)COc2cccc(C(C)C)c2)c1-c1ccc(Br)cc1. The molecule has 0 bridgehead atoms. The van der Waals surface area contributed by atoms with Gasteiger partial charge in [-0.05, 0) is 48.2 Å². The highest BCUT2D eigenvalue weighted by molar-refractivity contribution is 9.10. The maximum Gasteiger partial charge on any atom is 0.263 e. The molecule has 6 heteroatoms. The molecular weight excluding hydrogens is 418 g/mol. The smallest absolute Gasteiger partial charge is 0.263 e. The summed E-state index contributed by atoms with van der Waals surface area (Å²) >= 11 is 3.45. The van der Waals surface area contributed by atoms with Crippen molar-refractivity contribution >= 4 is 27.7 Å². The van der Waals surface area contributed by atoms with Gasteiger partial charge in [0.2, 0.25) is 0 Å². The summed E-state index contributed by atoms with van der Waals surface area (Å²) in [6, 6.07) is 15.8. The molecule has 1 heterocycles. The van der Waals surface area contributed by atoms with Crippen molar-refractivity contribution in [1.29, 1.82) is 0 Å². The minimum atomic E-state index is -0.226. The van der Waals surface area contributed by atoms with Gasteiger partial charge in [-0.2, -0.15) is 5.10 Å². The van der Waals surface area contributed by atoms with Gasteiger partial charge in [0, 0.05) is 17.1 Å². The quantitative estimate of drug-likeness (QED) is 0.564. The number of benzene rings is 2. The van der Waals surface area contributed by atoms with Gasteiger partial charge in [0.15, 0.2) is 6.61 Å². The van der Waals surface area contributed by atoms with Gasteiger partial charge in [-0.1, -0.05) is 54.0 Å². The van der Waals surface area contributed by atoms with Crippen molar-refractivity contribution in [3.63, 3.8) is 0 Å². The number of carbonyl (C=O) groups excluding carboxylic acids is 1. The van der Waals surface area contributed by atoms with E-state index < -0.39 is 0 Å². The van der Waals surface area contributed by atoms with Crippen LogP contribution in [0.15, 0.2) is 53.0 Å². The van der Waals surface area contributed by atoms with Crippen LogP contribution in [0.2, 0.25) is 0 Å². The summed E-state index contributed by atoms with van der Waals surface area (Å²) in [5, 5.41) is 7.41. The van der Waals surface area contributed by atoms with Crippen molar-refractivity contribution in [2.75, 3.05) is 11.9 Å². The molecule has 1 amide bonds. The molecule has 0 aliphatic heterocycles. The number of ether oxygens (including phenoxy) is 1. The highest BCUT2D eigenvalue weighted by Gasteiger charge is 2.17. The van der Waals surface area contributed by atoms with Crippen LogP contribution in [0.1, 0.15) is 31.0 Å². The van der Waals surface area contributed by atoms with Crippen LogP contribution in [0.4, 0.5) is 5.82 Å². The largest absolute Gasteiger partial charge is 0.484 e. The summed E-state index contributed by atoms with van der Waals surface area (Å²) in [4.78, 5) is 12.5. The van der Waals surface area contributed by atoms with Crippen molar-refractivity contribution in [2.45, 2.75) is 26.7 Å². The summed E-state index contributed by atoms with van der Waals surface area (Å²) in [6.07, 6.45) is 0. The number of halogens is 1. The summed E-state index contributed by atoms with van der Waals surface area (Å²) in [7, 11) is 1.82. The normalized spacial score (nSPS) is 10.9. The molecule has 0 aliphatic carbocycles. The molecule has 0 radical (unpaired) electrons. The van der Waals surface area contributed by atoms with Crippen LogP contribution in [-0.2, 0) is 11.8 Å². The van der Waals surface area contributed by atoms with Crippen LogP contribution in [0.25, 0.3) is 11.1 Å². The summed E-state index contributed by atoms with van der Waals surface area (Å²) in [6.45, 7) is 6.12. The lowest BCUT2D eigenvalue weighted by atomic mass is 10.0. The lowest BCUT2D eigenvalue weighted by Gasteiger charge is -2.12. The summed E-state index contributed by atoms with van der Waals surface area (Å²) in [5.74, 6) is 1.53. The minimum Gasteiger partial charge on any atom is -0.484 e. The van der Waals surface area contributed by atoms with Crippen molar-refractivity contribution < 1.29 is 9.53 Å². The average Bonchev–Trinajstić information content (AvgIpc) is 2.94. The Morgan fingerprint density at radius 1 is 1.21 bits per heavy atom. The number of nitrogens with one attached hydrogen (secondary N) is 1. The predicted molar refractivity (Wildman–Crippen MR) is 116 cm³/mol. The second-order valence-electron chi connectivity index (χ2n) is 7.00. The van der Waals surface area contributed by atoms with Gasteiger partial charge in [-0.3, -0.25) is 9.48 Å². The number of amides is 1. The predicted octanol–water partition coefficient (Wildman–Crippen LogP) is 5.30. The van der Waals surface area contributed by atoms with E-state index in [0.717, 1.165) is 21.3 Å². The van der Waals surface area contributed by atoms with E-state index in [4.69, 9.17) is 4.74 Å². The zero-order valence-electron chi connectivity index (χ0n) is 16.5. The molecule has 0 fully saturated rings. The number of aryl methyl sites for hydroxylation is 2. The lowest BCUT2D eigenvalue weighted by molar-refractivity contribution is -0.118. The molecule has 1 aromatic heterocycles. The molecule has 0 saturated heterocycles. The number of hydrogen-bond acceptors (Lipinski definition) is 3. The zero-order chi connectivity index (χ0) is 20.3. The highest BCUT2D eigenvalue weighted by Crippen LogP contribution is 2.31. The molecule has 3 rings (SSSR count). The van der Waals surface area contributed by atoms with Gasteiger partial charge in [-0.25, -0.2) is 0 Å². The monoisotopic (exact) mass is 441 g/mol. The van der Waals surface area contributed by atoms with E-state index in [9.17, 15) is 4.79 Å². The highest BCUT2D eigenvalue weighted by atomic mass is 79.9. The number of aromatic nitrogens is 2. The van der Waals surface area contributed by atoms with Gasteiger partial charge >= 0.3 is 0 Å². The van der Waals surface area contributed by atoms with Crippen LogP contribution in [0.3, 0.4) is 0 Å². The first-order chi connectivity index (χ1) is 13.3. The number of anilines is 1. The number of nitrogens with zero attached hydrogens (tertiary/aromatic N) is 2. The van der Waals surface area contributed by atoms with E-state index in [2.05, 4.69) is 46.3 Å². The molecule has 28 heavy (non-hydrogen) atoms. The van der Waals surface area contributed by atoms with Gasteiger partial charge in [0.1, 0.15) is 11.6 Å². The number of hydrogen-bond donors (Lipinski definition) is 1. The third-order valence-electron chi connectivity index (χ3n) is 4.51. The van der Waals surface area contributed by atoms with Gasteiger partial charge in [0.05, 0.1) is 5.69 Å². The fourth-order valence-corrected chi connectivity index (χ4v) is 3.31. The minimum absolute atomic E-state index is 0.0639. The van der Waals surface area contributed by atoms with E-state index in [1.807, 2.05) is 56.4 Å². The first-order valence-corrected chi connectivity index (χ1v) is 9.96. The Labute approximate surface area is 173 Å². The van der Waals surface area contributed by atoms with Gasteiger partial charge in [0.25, 0.3) is 5.91 Å². The van der Waals surface area contributed by atoms with Crippen LogP contribution in [-0.4, -0.2) is 22.3 Å². The van der Waals surface area contributed by atoms with Crippen molar-refractivity contribution in [3.05, 3.63) is 64.3 Å². The first kappa shape index (κ1) is 20.1. The van der Waals surface area contributed by atoms with Gasteiger partial charge in [-0.15, -0.1) is 0 Å². The third kappa shape index (κ3) is 4.62. The standard InChI is InChI=1S/C22H24BrN3O2/c1-14(2)17-6-5-7-19(12-17)28-13-20(27)24-22-21(15(3)25-26(22)4)16-8-10-18(23)11-9-16/h5-12,14H,13H2,1-4H3,(H,24,27). The molecule has 5 nitrogen and oxygen atoms in total. The van der Waals surface area contributed by atoms with Crippen molar-refractivity contribution in [1.82, 2.24) is 9.78 Å². The second kappa shape index (κ2) is 8.61. The Hall–Kier alpha value is -2.60. The molecule has 0 unspecified atom stereocenters. The second-order valence-corrected chi connectivity index (χ2v) is 7.92. The number of carbonyl (C=O) groups is 1. The Morgan fingerprint density at radius 2 is 1.93 bits per heavy atom. The van der Waals surface area contributed by atoms with E-state index in [1.165, 1.54) is 5.56 Å². The maximum absolute atomic E-state index is 12.5. The van der Waals surface area contributed by atoms with Crippen LogP contribution in [0, 0.1) is 6.92 Å². The fourth-order valence-electron chi connectivity index (χ4n) is 3.04. The average molecular weight is 442 g/mol. The van der Waals surface area contributed by atoms with Crippen LogP contribution >= 0.6 is 15.9 Å². The Morgan fingerprint density at radius 3 is 2.61 bits per heavy atom. The van der Waals surface area contributed by atoms with Gasteiger partial charge < -0.3 is 10.1 Å². The Balaban J connectivity index is 1.74. The summed E-state index contributed by atoms with van der Waals surface area (Å²) in [5.41, 5.74) is 3.93. The fraction of sp³-hybridized carbons (Fsp3) is 0.273. The third-order valence-corrected chi connectivity index (χ3v) is 5.04. The van der Waals surface area contributed by atoms with Crippen LogP contribution < -0.4 is 10.1 Å². The molecule has 1 N–H and O–H groups in total. The van der Waals surface area contributed by atoms with E-state index >= 15 is 0 Å². The zero-order valence-corrected chi connectivity index (χ0v) is 18.1. The lowest BCUT2D eigenvalue weighted by Crippen LogP contribution is -2.22. The molecule has 0 spiro atoms. The molecular formula is C22H24BrN3O2. The van der Waals surface area contributed by atoms with Crippen molar-refractivity contribution in [3.8, 4) is 16.9 Å². The Kier molecular flexibility index (Phi) is 6.19. The molecule has 3 aromatic rings. The molecule has 0 atom stereocenters. The molecule has 0 aliphatic rings. The van der Waals surface area contributed by atoms with Crippen molar-refractivity contribution in [2.24, 2.45) is 7.05 Å². The Bertz CT molecular complexity index is 978. The maximum atomic E-state index is 12.5. The molecule has 0 saturated carbocycles.